The predicted molar refractivity (Wildman–Crippen MR) is 76.0 cm³/mol. The Balaban J connectivity index is 2.64. The van der Waals surface area contributed by atoms with E-state index >= 15 is 0 Å². The SMILES string of the molecule is CCC(CC)(CCO)CNC(=O)c1ccc(C)nc1. The van der Waals surface area contributed by atoms with Crippen LogP contribution < -0.4 is 5.32 Å². The van der Waals surface area contributed by atoms with Crippen LogP contribution in [0.2, 0.25) is 0 Å². The topological polar surface area (TPSA) is 62.2 Å². The Hall–Kier alpha value is -1.42. The standard InChI is InChI=1S/C15H24N2O2/c1-4-15(5-2,8-9-18)11-17-14(19)13-7-6-12(3)16-10-13/h6-7,10,18H,4-5,8-9,11H2,1-3H3,(H,17,19). The first-order valence-corrected chi connectivity index (χ1v) is 6.88. The van der Waals surface area contributed by atoms with E-state index in [0.717, 1.165) is 18.5 Å². The van der Waals surface area contributed by atoms with Gasteiger partial charge in [0.2, 0.25) is 0 Å². The maximum Gasteiger partial charge on any atom is 0.252 e. The maximum absolute atomic E-state index is 12.0. The minimum atomic E-state index is -0.100. The molecule has 1 heterocycles. The minimum absolute atomic E-state index is 0.0114. The fourth-order valence-electron chi connectivity index (χ4n) is 2.15. The summed E-state index contributed by atoms with van der Waals surface area (Å²) in [5, 5.41) is 12.1. The van der Waals surface area contributed by atoms with Crippen LogP contribution in [-0.4, -0.2) is 29.1 Å². The highest BCUT2D eigenvalue weighted by Gasteiger charge is 2.26. The molecule has 2 N–H and O–H groups in total. The van der Waals surface area contributed by atoms with Gasteiger partial charge in [-0.15, -0.1) is 0 Å². The maximum atomic E-state index is 12.0. The van der Waals surface area contributed by atoms with Crippen molar-refractivity contribution in [1.29, 1.82) is 0 Å². The molecule has 0 radical (unpaired) electrons. The first kappa shape index (κ1) is 15.6. The first-order valence-electron chi connectivity index (χ1n) is 6.88. The monoisotopic (exact) mass is 264 g/mol. The van der Waals surface area contributed by atoms with Gasteiger partial charge in [0.25, 0.3) is 5.91 Å². The van der Waals surface area contributed by atoms with Gasteiger partial charge in [-0.3, -0.25) is 9.78 Å². The normalized spacial score (nSPS) is 11.4. The van der Waals surface area contributed by atoms with Crippen LogP contribution in [-0.2, 0) is 0 Å². The van der Waals surface area contributed by atoms with Crippen molar-refractivity contribution in [2.75, 3.05) is 13.2 Å². The smallest absolute Gasteiger partial charge is 0.252 e. The lowest BCUT2D eigenvalue weighted by atomic mass is 9.79. The summed E-state index contributed by atoms with van der Waals surface area (Å²) < 4.78 is 0. The number of hydrogen-bond donors (Lipinski definition) is 2. The number of nitrogens with zero attached hydrogens (tertiary/aromatic N) is 1. The number of hydrogen-bond acceptors (Lipinski definition) is 3. The van der Waals surface area contributed by atoms with E-state index in [-0.39, 0.29) is 17.9 Å². The van der Waals surface area contributed by atoms with Gasteiger partial charge in [-0.25, -0.2) is 0 Å². The number of aryl methyl sites for hydroxylation is 1. The lowest BCUT2D eigenvalue weighted by molar-refractivity contribution is 0.0907. The summed E-state index contributed by atoms with van der Waals surface area (Å²) in [6.45, 7) is 6.83. The first-order chi connectivity index (χ1) is 9.06. The molecule has 0 aromatic carbocycles. The molecule has 106 valence electrons. The van der Waals surface area contributed by atoms with Crippen LogP contribution in [0.15, 0.2) is 18.3 Å². The number of aliphatic hydroxyl groups is 1. The van der Waals surface area contributed by atoms with Crippen LogP contribution in [0.5, 0.6) is 0 Å². The zero-order valence-corrected chi connectivity index (χ0v) is 12.1. The molecule has 0 saturated carbocycles. The highest BCUT2D eigenvalue weighted by atomic mass is 16.3. The fourth-order valence-corrected chi connectivity index (χ4v) is 2.15. The Morgan fingerprint density at radius 1 is 1.37 bits per heavy atom. The summed E-state index contributed by atoms with van der Waals surface area (Å²) in [5.41, 5.74) is 1.46. The Morgan fingerprint density at radius 2 is 2.05 bits per heavy atom. The van der Waals surface area contributed by atoms with E-state index in [1.54, 1.807) is 12.3 Å². The van der Waals surface area contributed by atoms with Crippen molar-refractivity contribution < 1.29 is 9.90 Å². The molecule has 0 saturated heterocycles. The van der Waals surface area contributed by atoms with Gasteiger partial charge in [-0.05, 0) is 43.7 Å². The van der Waals surface area contributed by atoms with Crippen molar-refractivity contribution in [2.24, 2.45) is 5.41 Å². The van der Waals surface area contributed by atoms with Gasteiger partial charge in [0.05, 0.1) is 5.56 Å². The van der Waals surface area contributed by atoms with Crippen molar-refractivity contribution in [3.63, 3.8) is 0 Å². The molecule has 0 atom stereocenters. The van der Waals surface area contributed by atoms with E-state index in [1.807, 2.05) is 13.0 Å². The van der Waals surface area contributed by atoms with Gasteiger partial charge in [0.15, 0.2) is 0 Å². The van der Waals surface area contributed by atoms with Crippen molar-refractivity contribution in [3.8, 4) is 0 Å². The largest absolute Gasteiger partial charge is 0.396 e. The molecule has 1 rings (SSSR count). The molecule has 1 aromatic heterocycles. The summed E-state index contributed by atoms with van der Waals surface area (Å²) in [6, 6.07) is 3.61. The average molecular weight is 264 g/mol. The molecular formula is C15H24N2O2. The summed E-state index contributed by atoms with van der Waals surface area (Å²) in [4.78, 5) is 16.1. The molecule has 0 aliphatic heterocycles. The number of carbonyl (C=O) groups is 1. The van der Waals surface area contributed by atoms with E-state index in [1.165, 1.54) is 0 Å². The number of aromatic nitrogens is 1. The van der Waals surface area contributed by atoms with E-state index < -0.39 is 0 Å². The van der Waals surface area contributed by atoms with Crippen LogP contribution in [0.1, 0.15) is 49.2 Å². The summed E-state index contributed by atoms with van der Waals surface area (Å²) in [7, 11) is 0. The quantitative estimate of drug-likeness (QED) is 0.794. The molecule has 1 aromatic rings. The molecule has 0 unspecified atom stereocenters. The number of nitrogens with one attached hydrogen (secondary N) is 1. The predicted octanol–water partition coefficient (Wildman–Crippen LogP) is 2.31. The third-order valence-corrected chi connectivity index (χ3v) is 3.94. The van der Waals surface area contributed by atoms with Crippen molar-refractivity contribution >= 4 is 5.91 Å². The fraction of sp³-hybridized carbons (Fsp3) is 0.600. The number of rotatable bonds is 7. The molecule has 0 aliphatic rings. The van der Waals surface area contributed by atoms with E-state index in [4.69, 9.17) is 5.11 Å². The number of pyridine rings is 1. The zero-order chi connectivity index (χ0) is 14.3. The van der Waals surface area contributed by atoms with Gasteiger partial charge < -0.3 is 10.4 Å². The van der Waals surface area contributed by atoms with Gasteiger partial charge in [-0.2, -0.15) is 0 Å². The molecule has 4 heteroatoms. The number of carbonyl (C=O) groups excluding carboxylic acids is 1. The number of aliphatic hydroxyl groups excluding tert-OH is 1. The zero-order valence-electron chi connectivity index (χ0n) is 12.1. The second-order valence-electron chi connectivity index (χ2n) is 5.05. The molecule has 4 nitrogen and oxygen atoms in total. The van der Waals surface area contributed by atoms with Crippen LogP contribution >= 0.6 is 0 Å². The third-order valence-electron chi connectivity index (χ3n) is 3.94. The van der Waals surface area contributed by atoms with Crippen LogP contribution in [0, 0.1) is 12.3 Å². The lowest BCUT2D eigenvalue weighted by Gasteiger charge is -2.31. The molecule has 0 aliphatic carbocycles. The van der Waals surface area contributed by atoms with Crippen molar-refractivity contribution in [3.05, 3.63) is 29.6 Å². The second-order valence-corrected chi connectivity index (χ2v) is 5.05. The summed E-state index contributed by atoms with van der Waals surface area (Å²) >= 11 is 0. The van der Waals surface area contributed by atoms with Gasteiger partial charge in [0, 0.05) is 25.0 Å². The number of amides is 1. The Bertz CT molecular complexity index is 397. The van der Waals surface area contributed by atoms with Gasteiger partial charge in [-0.1, -0.05) is 13.8 Å². The summed E-state index contributed by atoms with van der Waals surface area (Å²) in [6.07, 6.45) is 4.19. The molecular weight excluding hydrogens is 240 g/mol. The van der Waals surface area contributed by atoms with Crippen molar-refractivity contribution in [1.82, 2.24) is 10.3 Å². The molecule has 1 amide bonds. The summed E-state index contributed by atoms with van der Waals surface area (Å²) in [5.74, 6) is -0.100. The molecule has 19 heavy (non-hydrogen) atoms. The van der Waals surface area contributed by atoms with Gasteiger partial charge in [0.1, 0.15) is 0 Å². The Morgan fingerprint density at radius 3 is 2.53 bits per heavy atom. The van der Waals surface area contributed by atoms with Crippen LogP contribution in [0.3, 0.4) is 0 Å². The lowest BCUT2D eigenvalue weighted by Crippen LogP contribution is -2.37. The average Bonchev–Trinajstić information content (AvgIpc) is 2.44. The Kier molecular flexibility index (Phi) is 5.96. The van der Waals surface area contributed by atoms with E-state index in [0.29, 0.717) is 18.5 Å². The molecule has 0 fully saturated rings. The molecule has 0 spiro atoms. The highest BCUT2D eigenvalue weighted by Crippen LogP contribution is 2.29. The minimum Gasteiger partial charge on any atom is -0.396 e. The highest BCUT2D eigenvalue weighted by molar-refractivity contribution is 5.93. The Labute approximate surface area is 115 Å². The van der Waals surface area contributed by atoms with E-state index in [9.17, 15) is 4.79 Å². The van der Waals surface area contributed by atoms with Crippen molar-refractivity contribution in [2.45, 2.75) is 40.0 Å². The van der Waals surface area contributed by atoms with Crippen LogP contribution in [0.4, 0.5) is 0 Å². The van der Waals surface area contributed by atoms with Gasteiger partial charge >= 0.3 is 0 Å². The van der Waals surface area contributed by atoms with E-state index in [2.05, 4.69) is 24.1 Å². The van der Waals surface area contributed by atoms with Crippen LogP contribution in [0.25, 0.3) is 0 Å². The third kappa shape index (κ3) is 4.31. The molecule has 0 bridgehead atoms. The second kappa shape index (κ2) is 7.24.